The molecule has 0 unspecified atom stereocenters. The van der Waals surface area contributed by atoms with Crippen molar-refractivity contribution < 1.29 is 17.6 Å². The SMILES string of the molecule is Cc1nc2cc(NC(=O)C3CCN(S(=O)(=O)c4cccnc4)CC3)ccc2o1. The van der Waals surface area contributed by atoms with Crippen molar-refractivity contribution in [2.75, 3.05) is 18.4 Å². The Morgan fingerprint density at radius 1 is 1.25 bits per heavy atom. The monoisotopic (exact) mass is 400 g/mol. The van der Waals surface area contributed by atoms with E-state index in [1.165, 1.54) is 22.8 Å². The maximum atomic E-state index is 12.7. The van der Waals surface area contributed by atoms with Gasteiger partial charge in [0.05, 0.1) is 0 Å². The highest BCUT2D eigenvalue weighted by Gasteiger charge is 2.32. The normalized spacial score (nSPS) is 16.3. The summed E-state index contributed by atoms with van der Waals surface area (Å²) in [5, 5.41) is 2.90. The zero-order valence-corrected chi connectivity index (χ0v) is 16.1. The van der Waals surface area contributed by atoms with Crippen LogP contribution in [0.1, 0.15) is 18.7 Å². The summed E-state index contributed by atoms with van der Waals surface area (Å²) in [6.45, 7) is 2.37. The van der Waals surface area contributed by atoms with Gasteiger partial charge in [-0.1, -0.05) is 0 Å². The summed E-state index contributed by atoms with van der Waals surface area (Å²) >= 11 is 0. The number of sulfonamides is 1. The van der Waals surface area contributed by atoms with Gasteiger partial charge < -0.3 is 9.73 Å². The molecule has 1 saturated heterocycles. The maximum absolute atomic E-state index is 12.7. The fraction of sp³-hybridized carbons (Fsp3) is 0.316. The van der Waals surface area contributed by atoms with E-state index in [2.05, 4.69) is 15.3 Å². The topological polar surface area (TPSA) is 105 Å². The van der Waals surface area contributed by atoms with Crippen LogP contribution in [0.3, 0.4) is 0 Å². The van der Waals surface area contributed by atoms with E-state index in [1.807, 2.05) is 0 Å². The van der Waals surface area contributed by atoms with E-state index in [1.54, 1.807) is 31.2 Å². The number of nitrogens with one attached hydrogen (secondary N) is 1. The average molecular weight is 400 g/mol. The number of rotatable bonds is 4. The van der Waals surface area contributed by atoms with Gasteiger partial charge in [0.2, 0.25) is 15.9 Å². The second-order valence-corrected chi connectivity index (χ2v) is 8.71. The fourth-order valence-corrected chi connectivity index (χ4v) is 4.81. The third-order valence-corrected chi connectivity index (χ3v) is 6.74. The standard InChI is InChI=1S/C19H20N4O4S/c1-13-21-17-11-15(4-5-18(17)27-13)22-19(24)14-6-9-23(10-7-14)28(25,26)16-3-2-8-20-12-16/h2-5,8,11-12,14H,6-7,9-10H2,1H3,(H,22,24). The molecule has 1 aromatic carbocycles. The molecule has 0 saturated carbocycles. The Morgan fingerprint density at radius 2 is 2.04 bits per heavy atom. The first-order valence-corrected chi connectivity index (χ1v) is 10.5. The van der Waals surface area contributed by atoms with Crippen molar-refractivity contribution in [3.63, 3.8) is 0 Å². The molecule has 1 amide bonds. The quantitative estimate of drug-likeness (QED) is 0.722. The molecule has 8 nitrogen and oxygen atoms in total. The van der Waals surface area contributed by atoms with Crippen LogP contribution in [-0.2, 0) is 14.8 Å². The van der Waals surface area contributed by atoms with Crippen molar-refractivity contribution in [2.45, 2.75) is 24.7 Å². The second-order valence-electron chi connectivity index (χ2n) is 6.77. The van der Waals surface area contributed by atoms with Crippen LogP contribution in [0.25, 0.3) is 11.1 Å². The summed E-state index contributed by atoms with van der Waals surface area (Å²) in [5.41, 5.74) is 2.01. The Balaban J connectivity index is 1.39. The van der Waals surface area contributed by atoms with Crippen LogP contribution in [0, 0.1) is 12.8 Å². The van der Waals surface area contributed by atoms with E-state index in [-0.39, 0.29) is 16.7 Å². The number of nitrogens with zero attached hydrogens (tertiary/aromatic N) is 3. The van der Waals surface area contributed by atoms with Crippen molar-refractivity contribution in [1.82, 2.24) is 14.3 Å². The lowest BCUT2D eigenvalue weighted by atomic mass is 9.97. The lowest BCUT2D eigenvalue weighted by Gasteiger charge is -2.30. The Bertz CT molecular complexity index is 1100. The summed E-state index contributed by atoms with van der Waals surface area (Å²) < 4.78 is 32.1. The summed E-state index contributed by atoms with van der Waals surface area (Å²) in [4.78, 5) is 20.9. The molecule has 0 radical (unpaired) electrons. The molecular formula is C19H20N4O4S. The number of hydrogen-bond donors (Lipinski definition) is 1. The molecular weight excluding hydrogens is 380 g/mol. The van der Waals surface area contributed by atoms with Crippen LogP contribution in [0.15, 0.2) is 52.0 Å². The number of benzene rings is 1. The molecule has 2 aromatic heterocycles. The summed E-state index contributed by atoms with van der Waals surface area (Å²) in [5.74, 6) is 0.216. The maximum Gasteiger partial charge on any atom is 0.244 e. The Morgan fingerprint density at radius 3 is 2.75 bits per heavy atom. The number of carbonyl (C=O) groups is 1. The number of pyridine rings is 1. The molecule has 0 atom stereocenters. The zero-order chi connectivity index (χ0) is 19.7. The highest BCUT2D eigenvalue weighted by atomic mass is 32.2. The smallest absolute Gasteiger partial charge is 0.244 e. The van der Waals surface area contributed by atoms with Crippen molar-refractivity contribution in [3.05, 3.63) is 48.6 Å². The first kappa shape index (κ1) is 18.6. The van der Waals surface area contributed by atoms with Crippen LogP contribution < -0.4 is 5.32 Å². The molecule has 3 aromatic rings. The predicted molar refractivity (Wildman–Crippen MR) is 103 cm³/mol. The van der Waals surface area contributed by atoms with Gasteiger partial charge in [-0.25, -0.2) is 13.4 Å². The number of aromatic nitrogens is 2. The van der Waals surface area contributed by atoms with E-state index in [0.717, 1.165) is 0 Å². The van der Waals surface area contributed by atoms with Crippen LogP contribution in [0.2, 0.25) is 0 Å². The minimum Gasteiger partial charge on any atom is -0.441 e. The lowest BCUT2D eigenvalue weighted by Crippen LogP contribution is -2.41. The van der Waals surface area contributed by atoms with Gasteiger partial charge in [-0.3, -0.25) is 9.78 Å². The minimum absolute atomic E-state index is 0.113. The number of piperidine rings is 1. The summed E-state index contributed by atoms with van der Waals surface area (Å²) in [7, 11) is -3.57. The molecule has 28 heavy (non-hydrogen) atoms. The molecule has 0 aliphatic carbocycles. The molecule has 1 fully saturated rings. The number of amides is 1. The molecule has 1 aliphatic rings. The molecule has 4 rings (SSSR count). The van der Waals surface area contributed by atoms with Crippen molar-refractivity contribution in [3.8, 4) is 0 Å². The first-order chi connectivity index (χ1) is 13.4. The van der Waals surface area contributed by atoms with Crippen LogP contribution in [-0.4, -0.2) is 41.7 Å². The van der Waals surface area contributed by atoms with Crippen LogP contribution in [0.4, 0.5) is 5.69 Å². The summed E-state index contributed by atoms with van der Waals surface area (Å²) in [6, 6.07) is 8.44. The fourth-order valence-electron chi connectivity index (χ4n) is 3.37. The van der Waals surface area contributed by atoms with Gasteiger partial charge in [0.1, 0.15) is 10.4 Å². The molecule has 1 N–H and O–H groups in total. The minimum atomic E-state index is -3.57. The van der Waals surface area contributed by atoms with Gasteiger partial charge in [-0.2, -0.15) is 4.31 Å². The third-order valence-electron chi connectivity index (χ3n) is 4.86. The number of hydrogen-bond acceptors (Lipinski definition) is 6. The van der Waals surface area contributed by atoms with E-state index in [4.69, 9.17) is 4.42 Å². The van der Waals surface area contributed by atoms with Gasteiger partial charge in [0, 0.05) is 44.0 Å². The number of oxazole rings is 1. The van der Waals surface area contributed by atoms with Crippen LogP contribution in [0.5, 0.6) is 0 Å². The molecule has 0 spiro atoms. The average Bonchev–Trinajstić information content (AvgIpc) is 3.08. The highest BCUT2D eigenvalue weighted by molar-refractivity contribution is 7.89. The van der Waals surface area contributed by atoms with Gasteiger partial charge in [0.15, 0.2) is 11.5 Å². The van der Waals surface area contributed by atoms with Gasteiger partial charge in [-0.15, -0.1) is 0 Å². The van der Waals surface area contributed by atoms with Crippen molar-refractivity contribution in [2.24, 2.45) is 5.92 Å². The zero-order valence-electron chi connectivity index (χ0n) is 15.3. The van der Waals surface area contributed by atoms with Gasteiger partial charge in [0.25, 0.3) is 0 Å². The Labute approximate surface area is 162 Å². The molecule has 0 bridgehead atoms. The largest absolute Gasteiger partial charge is 0.441 e. The molecule has 3 heterocycles. The van der Waals surface area contributed by atoms with E-state index < -0.39 is 10.0 Å². The van der Waals surface area contributed by atoms with Crippen molar-refractivity contribution in [1.29, 1.82) is 0 Å². The van der Waals surface area contributed by atoms with Gasteiger partial charge >= 0.3 is 0 Å². The third kappa shape index (κ3) is 3.63. The van der Waals surface area contributed by atoms with Gasteiger partial charge in [-0.05, 0) is 43.2 Å². The summed E-state index contributed by atoms with van der Waals surface area (Å²) in [6.07, 6.45) is 3.82. The Hall–Kier alpha value is -2.78. The Kier molecular flexibility index (Phi) is 4.86. The van der Waals surface area contributed by atoms with E-state index in [9.17, 15) is 13.2 Å². The first-order valence-electron chi connectivity index (χ1n) is 9.02. The second kappa shape index (κ2) is 7.33. The van der Waals surface area contributed by atoms with Crippen molar-refractivity contribution >= 4 is 32.7 Å². The molecule has 146 valence electrons. The predicted octanol–water partition coefficient (Wildman–Crippen LogP) is 2.57. The van der Waals surface area contributed by atoms with Crippen LogP contribution >= 0.6 is 0 Å². The number of aryl methyl sites for hydroxylation is 1. The number of fused-ring (bicyclic) bond motifs is 1. The molecule has 9 heteroatoms. The molecule has 1 aliphatic heterocycles. The van der Waals surface area contributed by atoms with E-state index >= 15 is 0 Å². The number of anilines is 1. The highest BCUT2D eigenvalue weighted by Crippen LogP contribution is 2.25. The number of carbonyl (C=O) groups excluding carboxylic acids is 1. The lowest BCUT2D eigenvalue weighted by molar-refractivity contribution is -0.120. The van der Waals surface area contributed by atoms with E-state index in [0.29, 0.717) is 48.6 Å².